The Morgan fingerprint density at radius 1 is 1.60 bits per heavy atom. The third-order valence-electron chi connectivity index (χ3n) is 2.00. The third-order valence-corrected chi connectivity index (χ3v) is 2.00. The topological polar surface area (TPSA) is 72.6 Å². The Morgan fingerprint density at radius 3 is 2.73 bits per heavy atom. The third kappa shape index (κ3) is 2.92. The Morgan fingerprint density at radius 2 is 2.27 bits per heavy atom. The van der Waals surface area contributed by atoms with Crippen LogP contribution in [0.5, 0.6) is 5.75 Å². The summed E-state index contributed by atoms with van der Waals surface area (Å²) in [6, 6.07) is 4.60. The predicted molar refractivity (Wildman–Crippen MR) is 55.0 cm³/mol. The van der Waals surface area contributed by atoms with Crippen LogP contribution in [0.4, 0.5) is 5.69 Å². The van der Waals surface area contributed by atoms with E-state index in [0.29, 0.717) is 11.3 Å². The molecule has 0 saturated heterocycles. The van der Waals surface area contributed by atoms with Crippen LogP contribution in [0, 0.1) is 10.1 Å². The number of nitro benzene ring substituents is 1. The Hall–Kier alpha value is -1.62. The molecule has 0 spiro atoms. The molecule has 0 saturated carbocycles. The van der Waals surface area contributed by atoms with Gasteiger partial charge in [0.2, 0.25) is 0 Å². The molecule has 1 atom stereocenters. The lowest BCUT2D eigenvalue weighted by Crippen LogP contribution is -2.06. The van der Waals surface area contributed by atoms with Gasteiger partial charge in [-0.15, -0.1) is 0 Å². The number of aliphatic hydroxyl groups excluding tert-OH is 1. The van der Waals surface area contributed by atoms with Crippen molar-refractivity contribution in [1.82, 2.24) is 0 Å². The fraction of sp³-hybridized carbons (Fsp3) is 0.400. The number of hydrogen-bond acceptors (Lipinski definition) is 4. The highest BCUT2D eigenvalue weighted by molar-refractivity contribution is 5.46. The molecule has 1 rings (SSSR count). The van der Waals surface area contributed by atoms with E-state index >= 15 is 0 Å². The minimum Gasteiger partial charge on any atom is -0.497 e. The first-order valence-corrected chi connectivity index (χ1v) is 4.54. The van der Waals surface area contributed by atoms with E-state index in [1.54, 1.807) is 19.1 Å². The molecule has 15 heavy (non-hydrogen) atoms. The molecule has 1 aromatic rings. The summed E-state index contributed by atoms with van der Waals surface area (Å²) in [6.45, 7) is 1.59. The largest absolute Gasteiger partial charge is 0.497 e. The standard InChI is InChI=1S/C10H13NO4/c1-7(12)5-8-3-4-9(15-2)6-10(8)11(13)14/h3-4,6-7,12H,5H2,1-2H3/t7-/m0/s1. The molecule has 0 aromatic heterocycles. The maximum atomic E-state index is 10.7. The zero-order valence-electron chi connectivity index (χ0n) is 8.64. The van der Waals surface area contributed by atoms with E-state index in [2.05, 4.69) is 0 Å². The van der Waals surface area contributed by atoms with Crippen molar-refractivity contribution in [2.75, 3.05) is 7.11 Å². The number of nitro groups is 1. The second-order valence-electron chi connectivity index (χ2n) is 3.30. The Bertz CT molecular complexity index is 362. The van der Waals surface area contributed by atoms with Gasteiger partial charge in [-0.1, -0.05) is 0 Å². The van der Waals surface area contributed by atoms with Crippen molar-refractivity contribution in [3.63, 3.8) is 0 Å². The molecule has 0 heterocycles. The minimum absolute atomic E-state index is 0.0183. The van der Waals surface area contributed by atoms with Crippen LogP contribution in [0.25, 0.3) is 0 Å². The molecule has 1 aromatic carbocycles. The first-order valence-electron chi connectivity index (χ1n) is 4.54. The van der Waals surface area contributed by atoms with Crippen LogP contribution in [0.15, 0.2) is 18.2 Å². The molecule has 82 valence electrons. The highest BCUT2D eigenvalue weighted by Gasteiger charge is 2.16. The summed E-state index contributed by atoms with van der Waals surface area (Å²) in [7, 11) is 1.45. The highest BCUT2D eigenvalue weighted by atomic mass is 16.6. The average Bonchev–Trinajstić information content (AvgIpc) is 2.17. The Balaban J connectivity index is 3.09. The molecule has 0 aliphatic rings. The molecular formula is C10H13NO4. The van der Waals surface area contributed by atoms with E-state index in [1.165, 1.54) is 13.2 Å². The van der Waals surface area contributed by atoms with Gasteiger partial charge in [0.05, 0.1) is 24.2 Å². The summed E-state index contributed by atoms with van der Waals surface area (Å²) in [4.78, 5) is 10.3. The number of methoxy groups -OCH3 is 1. The minimum atomic E-state index is -0.600. The van der Waals surface area contributed by atoms with E-state index in [1.807, 2.05) is 0 Å². The second-order valence-corrected chi connectivity index (χ2v) is 3.30. The van der Waals surface area contributed by atoms with E-state index < -0.39 is 11.0 Å². The molecule has 5 heteroatoms. The van der Waals surface area contributed by atoms with E-state index in [-0.39, 0.29) is 12.1 Å². The molecule has 0 amide bonds. The van der Waals surface area contributed by atoms with Crippen molar-refractivity contribution in [2.45, 2.75) is 19.4 Å². The van der Waals surface area contributed by atoms with Crippen molar-refractivity contribution >= 4 is 5.69 Å². The van der Waals surface area contributed by atoms with E-state index in [0.717, 1.165) is 0 Å². The number of ether oxygens (including phenoxy) is 1. The predicted octanol–water partition coefficient (Wildman–Crippen LogP) is 1.53. The fourth-order valence-electron chi connectivity index (χ4n) is 1.33. The molecule has 0 unspecified atom stereocenters. The van der Waals surface area contributed by atoms with Crippen LogP contribution < -0.4 is 4.74 Å². The molecule has 0 bridgehead atoms. The lowest BCUT2D eigenvalue weighted by atomic mass is 10.1. The number of nitrogens with zero attached hydrogens (tertiary/aromatic N) is 1. The van der Waals surface area contributed by atoms with Crippen molar-refractivity contribution in [2.24, 2.45) is 0 Å². The summed E-state index contributed by atoms with van der Waals surface area (Å²) >= 11 is 0. The second kappa shape index (κ2) is 4.75. The number of hydrogen-bond donors (Lipinski definition) is 1. The SMILES string of the molecule is COc1ccc(C[C@H](C)O)c([N+](=O)[O-])c1. The number of aliphatic hydroxyl groups is 1. The van der Waals surface area contributed by atoms with Crippen molar-refractivity contribution in [3.05, 3.63) is 33.9 Å². The summed E-state index contributed by atoms with van der Waals surface area (Å²) in [6.07, 6.45) is -0.336. The average molecular weight is 211 g/mol. The van der Waals surface area contributed by atoms with Crippen LogP contribution in [-0.4, -0.2) is 23.2 Å². The first-order chi connectivity index (χ1) is 7.04. The Kier molecular flexibility index (Phi) is 3.62. The lowest BCUT2D eigenvalue weighted by molar-refractivity contribution is -0.385. The van der Waals surface area contributed by atoms with Gasteiger partial charge >= 0.3 is 0 Å². The number of rotatable bonds is 4. The fourth-order valence-corrected chi connectivity index (χ4v) is 1.33. The van der Waals surface area contributed by atoms with Gasteiger partial charge < -0.3 is 9.84 Å². The molecule has 0 radical (unpaired) electrons. The van der Waals surface area contributed by atoms with Crippen LogP contribution in [0.3, 0.4) is 0 Å². The molecule has 5 nitrogen and oxygen atoms in total. The van der Waals surface area contributed by atoms with Gasteiger partial charge in [0.1, 0.15) is 5.75 Å². The molecular weight excluding hydrogens is 198 g/mol. The summed E-state index contributed by atoms with van der Waals surface area (Å²) in [5.41, 5.74) is 0.492. The van der Waals surface area contributed by atoms with Crippen LogP contribution in [0.1, 0.15) is 12.5 Å². The highest BCUT2D eigenvalue weighted by Crippen LogP contribution is 2.25. The van der Waals surface area contributed by atoms with Crippen LogP contribution in [0.2, 0.25) is 0 Å². The van der Waals surface area contributed by atoms with Gasteiger partial charge in [0, 0.05) is 12.0 Å². The molecule has 0 aliphatic heterocycles. The Labute approximate surface area is 87.5 Å². The molecule has 1 N–H and O–H groups in total. The van der Waals surface area contributed by atoms with E-state index in [9.17, 15) is 15.2 Å². The number of benzene rings is 1. The van der Waals surface area contributed by atoms with Gasteiger partial charge in [0.15, 0.2) is 0 Å². The summed E-state index contributed by atoms with van der Waals surface area (Å²) < 4.78 is 4.90. The first kappa shape index (κ1) is 11.5. The normalized spacial score (nSPS) is 12.2. The van der Waals surface area contributed by atoms with Gasteiger partial charge in [-0.25, -0.2) is 0 Å². The maximum Gasteiger partial charge on any atom is 0.276 e. The monoisotopic (exact) mass is 211 g/mol. The lowest BCUT2D eigenvalue weighted by Gasteiger charge is -2.06. The van der Waals surface area contributed by atoms with Gasteiger partial charge in [-0.2, -0.15) is 0 Å². The van der Waals surface area contributed by atoms with E-state index in [4.69, 9.17) is 4.74 Å². The quantitative estimate of drug-likeness (QED) is 0.605. The van der Waals surface area contributed by atoms with Crippen LogP contribution in [-0.2, 0) is 6.42 Å². The van der Waals surface area contributed by atoms with Crippen molar-refractivity contribution < 1.29 is 14.8 Å². The molecule has 0 fully saturated rings. The zero-order valence-corrected chi connectivity index (χ0v) is 8.64. The van der Waals surface area contributed by atoms with Crippen molar-refractivity contribution in [1.29, 1.82) is 0 Å². The summed E-state index contributed by atoms with van der Waals surface area (Å²) in [5.74, 6) is 0.441. The summed E-state index contributed by atoms with van der Waals surface area (Å²) in [5, 5.41) is 19.9. The van der Waals surface area contributed by atoms with Gasteiger partial charge in [-0.05, 0) is 19.1 Å². The smallest absolute Gasteiger partial charge is 0.276 e. The maximum absolute atomic E-state index is 10.7. The zero-order chi connectivity index (χ0) is 11.4. The van der Waals surface area contributed by atoms with Crippen LogP contribution >= 0.6 is 0 Å². The van der Waals surface area contributed by atoms with Crippen molar-refractivity contribution in [3.8, 4) is 5.75 Å². The van der Waals surface area contributed by atoms with Gasteiger partial charge in [-0.3, -0.25) is 10.1 Å². The van der Waals surface area contributed by atoms with Gasteiger partial charge in [0.25, 0.3) is 5.69 Å². The molecule has 0 aliphatic carbocycles.